The maximum atomic E-state index is 12.8. The maximum absolute atomic E-state index is 12.8. The molecule has 0 radical (unpaired) electrons. The fourth-order valence-corrected chi connectivity index (χ4v) is 3.02. The molecule has 0 spiro atoms. The van der Waals surface area contributed by atoms with Crippen molar-refractivity contribution in [3.8, 4) is 5.75 Å². The molecular weight excluding hydrogens is 306 g/mol. The van der Waals surface area contributed by atoms with Crippen molar-refractivity contribution in [2.24, 2.45) is 0 Å². The van der Waals surface area contributed by atoms with Crippen molar-refractivity contribution in [1.82, 2.24) is 0 Å². The molecule has 0 saturated carbocycles. The summed E-state index contributed by atoms with van der Waals surface area (Å²) < 4.78 is 10.0. The number of amides is 1. The third-order valence-corrected chi connectivity index (χ3v) is 4.23. The summed E-state index contributed by atoms with van der Waals surface area (Å²) in [7, 11) is 2.94. The van der Waals surface area contributed by atoms with Crippen LogP contribution in [0.2, 0.25) is 0 Å². The maximum Gasteiger partial charge on any atom is 0.329 e. The van der Waals surface area contributed by atoms with E-state index in [4.69, 9.17) is 9.47 Å². The summed E-state index contributed by atoms with van der Waals surface area (Å²) in [5.74, 6) is 0.222. The van der Waals surface area contributed by atoms with Crippen LogP contribution in [0.1, 0.15) is 11.1 Å². The van der Waals surface area contributed by atoms with Gasteiger partial charge in [-0.3, -0.25) is 9.69 Å². The van der Waals surface area contributed by atoms with Crippen molar-refractivity contribution in [3.63, 3.8) is 0 Å². The molecule has 0 saturated heterocycles. The number of ether oxygens (including phenoxy) is 2. The molecule has 0 fully saturated rings. The summed E-state index contributed by atoms with van der Waals surface area (Å²) in [6.45, 7) is 0. The predicted molar refractivity (Wildman–Crippen MR) is 90.1 cm³/mol. The molecular formula is C19H19NO4. The van der Waals surface area contributed by atoms with E-state index in [-0.39, 0.29) is 12.3 Å². The molecule has 1 atom stereocenters. The molecule has 124 valence electrons. The molecule has 2 aromatic carbocycles. The minimum absolute atomic E-state index is 0.125. The van der Waals surface area contributed by atoms with Gasteiger partial charge in [0.05, 0.1) is 20.6 Å². The lowest BCUT2D eigenvalue weighted by molar-refractivity contribution is -0.143. The third-order valence-electron chi connectivity index (χ3n) is 4.23. The van der Waals surface area contributed by atoms with Crippen LogP contribution in [0.3, 0.4) is 0 Å². The number of carbonyl (C=O) groups is 2. The third kappa shape index (κ3) is 2.97. The second-order valence-corrected chi connectivity index (χ2v) is 5.66. The van der Waals surface area contributed by atoms with Gasteiger partial charge in [-0.25, -0.2) is 4.79 Å². The van der Waals surface area contributed by atoms with Gasteiger partial charge < -0.3 is 9.47 Å². The number of esters is 1. The van der Waals surface area contributed by atoms with Crippen molar-refractivity contribution >= 4 is 17.6 Å². The zero-order valence-corrected chi connectivity index (χ0v) is 13.7. The predicted octanol–water partition coefficient (Wildman–Crippen LogP) is 2.37. The summed E-state index contributed by atoms with van der Waals surface area (Å²) in [5.41, 5.74) is 2.64. The highest BCUT2D eigenvalue weighted by atomic mass is 16.5. The molecule has 0 N–H and O–H groups in total. The van der Waals surface area contributed by atoms with Crippen LogP contribution in [-0.2, 0) is 27.2 Å². The first-order valence-corrected chi connectivity index (χ1v) is 7.74. The first-order chi connectivity index (χ1) is 11.6. The molecule has 24 heavy (non-hydrogen) atoms. The number of para-hydroxylation sites is 1. The van der Waals surface area contributed by atoms with Crippen LogP contribution in [0.25, 0.3) is 0 Å². The molecule has 3 rings (SSSR count). The number of rotatable bonds is 4. The van der Waals surface area contributed by atoms with E-state index in [1.165, 1.54) is 7.11 Å². The highest BCUT2D eigenvalue weighted by molar-refractivity contribution is 6.03. The van der Waals surface area contributed by atoms with Gasteiger partial charge in [-0.1, -0.05) is 30.3 Å². The van der Waals surface area contributed by atoms with Gasteiger partial charge in [0.15, 0.2) is 0 Å². The highest BCUT2D eigenvalue weighted by Gasteiger charge is 2.38. The number of carbonyl (C=O) groups excluding carboxylic acids is 2. The molecule has 5 heteroatoms. The SMILES string of the molecule is COC(=O)[C@@H]1Cc2ccccc2N1C(=O)Cc1ccc(OC)cc1. The van der Waals surface area contributed by atoms with Crippen LogP contribution in [0.5, 0.6) is 5.75 Å². The van der Waals surface area contributed by atoms with E-state index in [0.717, 1.165) is 22.6 Å². The zero-order chi connectivity index (χ0) is 17.1. The first-order valence-electron chi connectivity index (χ1n) is 7.74. The lowest BCUT2D eigenvalue weighted by Gasteiger charge is -2.23. The van der Waals surface area contributed by atoms with Gasteiger partial charge in [0.25, 0.3) is 0 Å². The monoisotopic (exact) mass is 325 g/mol. The lowest BCUT2D eigenvalue weighted by atomic mass is 10.1. The number of benzene rings is 2. The molecule has 1 aliphatic rings. The molecule has 5 nitrogen and oxygen atoms in total. The Labute approximate surface area is 140 Å². The quantitative estimate of drug-likeness (QED) is 0.810. The number of nitrogens with zero attached hydrogens (tertiary/aromatic N) is 1. The van der Waals surface area contributed by atoms with E-state index in [9.17, 15) is 9.59 Å². The molecule has 1 heterocycles. The Morgan fingerprint density at radius 3 is 2.46 bits per heavy atom. The minimum Gasteiger partial charge on any atom is -0.497 e. The number of anilines is 1. The first kappa shape index (κ1) is 16.1. The van der Waals surface area contributed by atoms with E-state index < -0.39 is 12.0 Å². The Morgan fingerprint density at radius 1 is 1.08 bits per heavy atom. The topological polar surface area (TPSA) is 55.8 Å². The van der Waals surface area contributed by atoms with Crippen molar-refractivity contribution in [1.29, 1.82) is 0 Å². The van der Waals surface area contributed by atoms with Gasteiger partial charge in [0.2, 0.25) is 5.91 Å². The van der Waals surface area contributed by atoms with Gasteiger partial charge in [-0.15, -0.1) is 0 Å². The lowest BCUT2D eigenvalue weighted by Crippen LogP contribution is -2.44. The summed E-state index contributed by atoms with van der Waals surface area (Å²) in [6, 6.07) is 14.3. The normalized spacial score (nSPS) is 15.8. The van der Waals surface area contributed by atoms with E-state index in [1.807, 2.05) is 48.5 Å². The largest absolute Gasteiger partial charge is 0.497 e. The molecule has 2 aromatic rings. The number of fused-ring (bicyclic) bond motifs is 1. The number of hydrogen-bond donors (Lipinski definition) is 0. The van der Waals surface area contributed by atoms with E-state index >= 15 is 0 Å². The second-order valence-electron chi connectivity index (χ2n) is 5.66. The van der Waals surface area contributed by atoms with Crippen LogP contribution >= 0.6 is 0 Å². The molecule has 0 aromatic heterocycles. The van der Waals surface area contributed by atoms with E-state index in [0.29, 0.717) is 6.42 Å². The molecule has 0 unspecified atom stereocenters. The van der Waals surface area contributed by atoms with Crippen molar-refractivity contribution in [3.05, 3.63) is 59.7 Å². The van der Waals surface area contributed by atoms with Crippen molar-refractivity contribution in [2.75, 3.05) is 19.1 Å². The Morgan fingerprint density at radius 2 is 1.79 bits per heavy atom. The average molecular weight is 325 g/mol. The van der Waals surface area contributed by atoms with Crippen LogP contribution in [0.4, 0.5) is 5.69 Å². The summed E-state index contributed by atoms with van der Waals surface area (Å²) in [5, 5.41) is 0. The zero-order valence-electron chi connectivity index (χ0n) is 13.7. The number of hydrogen-bond acceptors (Lipinski definition) is 4. The fourth-order valence-electron chi connectivity index (χ4n) is 3.02. The van der Waals surface area contributed by atoms with Gasteiger partial charge in [0, 0.05) is 12.1 Å². The average Bonchev–Trinajstić information content (AvgIpc) is 3.01. The van der Waals surface area contributed by atoms with Crippen LogP contribution in [0, 0.1) is 0 Å². The molecule has 1 amide bonds. The fraction of sp³-hybridized carbons (Fsp3) is 0.263. The minimum atomic E-state index is -0.599. The Balaban J connectivity index is 1.85. The highest BCUT2D eigenvalue weighted by Crippen LogP contribution is 2.33. The van der Waals surface area contributed by atoms with Gasteiger partial charge in [-0.2, -0.15) is 0 Å². The smallest absolute Gasteiger partial charge is 0.329 e. The van der Waals surface area contributed by atoms with E-state index in [1.54, 1.807) is 12.0 Å². The number of methoxy groups -OCH3 is 2. The van der Waals surface area contributed by atoms with Crippen LogP contribution < -0.4 is 9.64 Å². The molecule has 1 aliphatic heterocycles. The van der Waals surface area contributed by atoms with Gasteiger partial charge >= 0.3 is 5.97 Å². The molecule has 0 aliphatic carbocycles. The van der Waals surface area contributed by atoms with Crippen LogP contribution in [-0.4, -0.2) is 32.1 Å². The Kier molecular flexibility index (Phi) is 4.51. The van der Waals surface area contributed by atoms with Gasteiger partial charge in [-0.05, 0) is 29.3 Å². The second kappa shape index (κ2) is 6.74. The van der Waals surface area contributed by atoms with Crippen LogP contribution in [0.15, 0.2) is 48.5 Å². The van der Waals surface area contributed by atoms with Crippen molar-refractivity contribution in [2.45, 2.75) is 18.9 Å². The molecule has 0 bridgehead atoms. The van der Waals surface area contributed by atoms with Crippen molar-refractivity contribution < 1.29 is 19.1 Å². The Hall–Kier alpha value is -2.82. The van der Waals surface area contributed by atoms with E-state index in [2.05, 4.69) is 0 Å². The standard InChI is InChI=1S/C19H19NO4/c1-23-15-9-7-13(8-10-15)11-18(21)20-16-6-4-3-5-14(16)12-17(20)19(22)24-2/h3-10,17H,11-12H2,1-2H3/t17-/m0/s1. The summed E-state index contributed by atoms with van der Waals surface area (Å²) >= 11 is 0. The summed E-state index contributed by atoms with van der Waals surface area (Å²) in [6.07, 6.45) is 0.697. The summed E-state index contributed by atoms with van der Waals surface area (Å²) in [4.78, 5) is 26.5. The van der Waals surface area contributed by atoms with Gasteiger partial charge in [0.1, 0.15) is 11.8 Å². The Bertz CT molecular complexity index is 754.